The third kappa shape index (κ3) is 3.29. The van der Waals surface area contributed by atoms with Crippen molar-refractivity contribution >= 4 is 21.4 Å². The minimum absolute atomic E-state index is 0.0874. The molecule has 1 saturated heterocycles. The minimum atomic E-state index is -3.68. The second-order valence-corrected chi connectivity index (χ2v) is 8.98. The number of rotatable bonds is 4. The van der Waals surface area contributed by atoms with Crippen LogP contribution >= 0.6 is 11.3 Å². The van der Waals surface area contributed by atoms with Gasteiger partial charge in [-0.3, -0.25) is 0 Å². The average molecular weight is 393 g/mol. The largest absolute Gasteiger partial charge is 0.339 e. The molecular weight excluding hydrogens is 377 g/mol. The predicted octanol–water partition coefficient (Wildman–Crippen LogP) is 3.51. The highest BCUT2D eigenvalue weighted by atomic mass is 32.2. The smallest absolute Gasteiger partial charge is 0.243 e. The van der Waals surface area contributed by atoms with Crippen LogP contribution in [0.5, 0.6) is 0 Å². The van der Waals surface area contributed by atoms with Gasteiger partial charge in [-0.15, -0.1) is 11.3 Å². The molecule has 3 aromatic rings. The predicted molar refractivity (Wildman–Crippen MR) is 94.7 cm³/mol. The van der Waals surface area contributed by atoms with Gasteiger partial charge >= 0.3 is 0 Å². The third-order valence-electron chi connectivity index (χ3n) is 4.37. The Labute approximate surface area is 154 Å². The fourth-order valence-corrected chi connectivity index (χ4v) is 5.20. The number of nitrogens with zero attached hydrogens (tertiary/aromatic N) is 3. The highest BCUT2D eigenvalue weighted by Crippen LogP contribution is 2.31. The molecule has 136 valence electrons. The molecule has 9 heteroatoms. The molecule has 0 aliphatic carbocycles. The van der Waals surface area contributed by atoms with Crippen LogP contribution in [0, 0.1) is 5.82 Å². The Balaban J connectivity index is 1.55. The number of hydrogen-bond donors (Lipinski definition) is 0. The molecule has 1 aliphatic heterocycles. The number of benzene rings is 1. The highest BCUT2D eigenvalue weighted by molar-refractivity contribution is 7.89. The van der Waals surface area contributed by atoms with Crippen LogP contribution in [-0.4, -0.2) is 36.0 Å². The van der Waals surface area contributed by atoms with Crippen LogP contribution in [-0.2, 0) is 10.0 Å². The maximum absolute atomic E-state index is 13.1. The van der Waals surface area contributed by atoms with Gasteiger partial charge in [-0.25, -0.2) is 12.8 Å². The molecule has 0 saturated carbocycles. The Bertz CT molecular complexity index is 985. The number of aromatic nitrogens is 2. The first-order chi connectivity index (χ1) is 12.5. The van der Waals surface area contributed by atoms with Crippen molar-refractivity contribution in [1.29, 1.82) is 0 Å². The monoisotopic (exact) mass is 393 g/mol. The van der Waals surface area contributed by atoms with Gasteiger partial charge in [0.1, 0.15) is 5.82 Å². The SMILES string of the molecule is O=S(=O)(c1ccc(F)cc1)N1CCC[C@H](c2nc(-c3cccs3)no2)C1. The highest BCUT2D eigenvalue weighted by Gasteiger charge is 2.33. The fraction of sp³-hybridized carbons (Fsp3) is 0.294. The Morgan fingerprint density at radius 2 is 2.04 bits per heavy atom. The topological polar surface area (TPSA) is 76.3 Å². The molecule has 26 heavy (non-hydrogen) atoms. The van der Waals surface area contributed by atoms with Crippen molar-refractivity contribution in [3.8, 4) is 10.7 Å². The van der Waals surface area contributed by atoms with Crippen LogP contribution in [0.4, 0.5) is 4.39 Å². The van der Waals surface area contributed by atoms with Gasteiger partial charge in [0, 0.05) is 13.1 Å². The molecule has 1 aromatic carbocycles. The van der Waals surface area contributed by atoms with E-state index in [-0.39, 0.29) is 17.4 Å². The quantitative estimate of drug-likeness (QED) is 0.678. The van der Waals surface area contributed by atoms with Gasteiger partial charge in [0.15, 0.2) is 0 Å². The van der Waals surface area contributed by atoms with E-state index in [0.29, 0.717) is 24.7 Å². The van der Waals surface area contributed by atoms with Gasteiger partial charge in [0.25, 0.3) is 0 Å². The van der Waals surface area contributed by atoms with E-state index in [1.807, 2.05) is 17.5 Å². The lowest BCUT2D eigenvalue weighted by atomic mass is 10.00. The van der Waals surface area contributed by atoms with E-state index in [0.717, 1.165) is 23.4 Å². The molecule has 6 nitrogen and oxygen atoms in total. The summed E-state index contributed by atoms with van der Waals surface area (Å²) in [6.07, 6.45) is 1.48. The summed E-state index contributed by atoms with van der Waals surface area (Å²) < 4.78 is 45.5. The van der Waals surface area contributed by atoms with Crippen LogP contribution in [0.15, 0.2) is 51.2 Å². The Morgan fingerprint density at radius 1 is 1.23 bits per heavy atom. The molecule has 2 aromatic heterocycles. The molecule has 0 bridgehead atoms. The summed E-state index contributed by atoms with van der Waals surface area (Å²) in [7, 11) is -3.68. The molecule has 0 spiro atoms. The van der Waals surface area contributed by atoms with Crippen LogP contribution in [0.2, 0.25) is 0 Å². The molecule has 0 radical (unpaired) electrons. The number of thiophene rings is 1. The van der Waals surface area contributed by atoms with Gasteiger partial charge in [0.2, 0.25) is 21.7 Å². The van der Waals surface area contributed by atoms with Crippen molar-refractivity contribution in [3.63, 3.8) is 0 Å². The second kappa shape index (κ2) is 6.90. The van der Waals surface area contributed by atoms with Gasteiger partial charge in [-0.05, 0) is 48.6 Å². The summed E-state index contributed by atoms with van der Waals surface area (Å²) in [5, 5.41) is 5.94. The van der Waals surface area contributed by atoms with Gasteiger partial charge in [-0.1, -0.05) is 11.2 Å². The van der Waals surface area contributed by atoms with Crippen LogP contribution in [0.25, 0.3) is 10.7 Å². The zero-order valence-electron chi connectivity index (χ0n) is 13.7. The van der Waals surface area contributed by atoms with Gasteiger partial charge in [0.05, 0.1) is 15.7 Å². The molecule has 1 atom stereocenters. The molecule has 4 rings (SSSR count). The summed E-state index contributed by atoms with van der Waals surface area (Å²) in [6, 6.07) is 8.70. The first kappa shape index (κ1) is 17.3. The normalized spacial score (nSPS) is 18.9. The molecule has 3 heterocycles. The van der Waals surface area contributed by atoms with Crippen LogP contribution < -0.4 is 0 Å². The Morgan fingerprint density at radius 3 is 2.77 bits per heavy atom. The standard InChI is InChI=1S/C17H16FN3O3S2/c18-13-5-7-14(8-6-13)26(22,23)21-9-1-3-12(11-21)17-19-16(20-24-17)15-4-2-10-25-15/h2,4-8,10,12H,1,3,9,11H2/t12-/m0/s1. The minimum Gasteiger partial charge on any atom is -0.339 e. The fourth-order valence-electron chi connectivity index (χ4n) is 3.02. The van der Waals surface area contributed by atoms with E-state index < -0.39 is 15.8 Å². The first-order valence-electron chi connectivity index (χ1n) is 8.17. The van der Waals surface area contributed by atoms with Gasteiger partial charge < -0.3 is 4.52 Å². The average Bonchev–Trinajstić information content (AvgIpc) is 3.34. The van der Waals surface area contributed by atoms with Crippen molar-refractivity contribution in [3.05, 3.63) is 53.5 Å². The van der Waals surface area contributed by atoms with Crippen molar-refractivity contribution < 1.29 is 17.3 Å². The van der Waals surface area contributed by atoms with E-state index in [4.69, 9.17) is 4.52 Å². The van der Waals surface area contributed by atoms with E-state index in [1.54, 1.807) is 0 Å². The number of sulfonamides is 1. The number of halogens is 1. The van der Waals surface area contributed by atoms with E-state index in [1.165, 1.54) is 27.8 Å². The van der Waals surface area contributed by atoms with Crippen molar-refractivity contribution in [2.24, 2.45) is 0 Å². The van der Waals surface area contributed by atoms with Crippen LogP contribution in [0.3, 0.4) is 0 Å². The molecule has 0 amide bonds. The molecule has 1 aliphatic rings. The Kier molecular flexibility index (Phi) is 4.60. The molecule has 0 N–H and O–H groups in total. The summed E-state index contributed by atoms with van der Waals surface area (Å²) in [4.78, 5) is 5.44. The zero-order chi connectivity index (χ0) is 18.1. The summed E-state index contributed by atoms with van der Waals surface area (Å²) in [6.45, 7) is 0.688. The van der Waals surface area contributed by atoms with Crippen molar-refractivity contribution in [2.75, 3.05) is 13.1 Å². The maximum Gasteiger partial charge on any atom is 0.243 e. The molecule has 1 fully saturated rings. The lowest BCUT2D eigenvalue weighted by Crippen LogP contribution is -2.39. The van der Waals surface area contributed by atoms with E-state index >= 15 is 0 Å². The first-order valence-corrected chi connectivity index (χ1v) is 10.5. The lowest BCUT2D eigenvalue weighted by Gasteiger charge is -2.30. The lowest BCUT2D eigenvalue weighted by molar-refractivity contribution is 0.265. The number of hydrogen-bond acceptors (Lipinski definition) is 6. The van der Waals surface area contributed by atoms with E-state index in [2.05, 4.69) is 10.1 Å². The molecular formula is C17H16FN3O3S2. The van der Waals surface area contributed by atoms with Crippen molar-refractivity contribution in [2.45, 2.75) is 23.7 Å². The van der Waals surface area contributed by atoms with Gasteiger partial charge in [-0.2, -0.15) is 9.29 Å². The summed E-state index contributed by atoms with van der Waals surface area (Å²) in [5.74, 6) is 0.355. The summed E-state index contributed by atoms with van der Waals surface area (Å²) in [5.41, 5.74) is 0. The van der Waals surface area contributed by atoms with E-state index in [9.17, 15) is 12.8 Å². The Hall–Kier alpha value is -2.10. The zero-order valence-corrected chi connectivity index (χ0v) is 15.3. The summed E-state index contributed by atoms with van der Waals surface area (Å²) >= 11 is 1.52. The van der Waals surface area contributed by atoms with Crippen molar-refractivity contribution in [1.82, 2.24) is 14.4 Å². The number of piperidine rings is 1. The molecule has 0 unspecified atom stereocenters. The maximum atomic E-state index is 13.1. The van der Waals surface area contributed by atoms with Crippen LogP contribution in [0.1, 0.15) is 24.7 Å². The third-order valence-corrected chi connectivity index (χ3v) is 7.11. The second-order valence-electron chi connectivity index (χ2n) is 6.09.